The number of nitrogens with one attached hydrogen (secondary N) is 1. The van der Waals surface area contributed by atoms with Gasteiger partial charge in [0.05, 0.1) is 5.52 Å². The first-order valence-corrected chi connectivity index (χ1v) is 9.04. The van der Waals surface area contributed by atoms with Gasteiger partial charge in [0, 0.05) is 24.4 Å². The smallest absolute Gasteiger partial charge is 0.152 e. The molecule has 0 atom stereocenters. The highest BCUT2D eigenvalue weighted by molar-refractivity contribution is 6.06. The number of pyridine rings is 1. The minimum atomic E-state index is 0.434. The Hall–Kier alpha value is -2.34. The van der Waals surface area contributed by atoms with E-state index < -0.39 is 0 Å². The zero-order valence-electron chi connectivity index (χ0n) is 15.2. The highest BCUT2D eigenvalue weighted by atomic mass is 16.7. The molecule has 0 fully saturated rings. The number of nitrogens with zero attached hydrogens (tertiary/aromatic N) is 3. The van der Waals surface area contributed by atoms with Crippen LogP contribution >= 0.6 is 0 Å². The molecule has 6 nitrogen and oxygen atoms in total. The van der Waals surface area contributed by atoms with Crippen molar-refractivity contribution < 1.29 is 4.84 Å². The number of rotatable bonds is 8. The molecule has 0 saturated heterocycles. The number of hydrogen-bond donors (Lipinski definition) is 2. The van der Waals surface area contributed by atoms with Gasteiger partial charge in [0.2, 0.25) is 0 Å². The maximum atomic E-state index is 6.17. The summed E-state index contributed by atoms with van der Waals surface area (Å²) in [5.74, 6) is 1.36. The summed E-state index contributed by atoms with van der Waals surface area (Å²) in [6.45, 7) is 7.77. The Balaban J connectivity index is 2.05. The standard InChI is InChI=1S/C19H27N5O/c1-4-5-10-16-23-17-18(24(16)25-12-11-21-13(2)3)14-8-6-7-9-15(14)22-19(17)20/h6-9,13,21H,4-5,10-12H2,1-3H3,(H2,20,22). The Kier molecular flexibility index (Phi) is 5.38. The van der Waals surface area contributed by atoms with E-state index >= 15 is 0 Å². The van der Waals surface area contributed by atoms with Crippen LogP contribution < -0.4 is 15.9 Å². The molecule has 0 aliphatic carbocycles. The van der Waals surface area contributed by atoms with E-state index in [-0.39, 0.29) is 0 Å². The number of aromatic nitrogens is 3. The van der Waals surface area contributed by atoms with Crippen LogP contribution in [-0.2, 0) is 6.42 Å². The second-order valence-electron chi connectivity index (χ2n) is 6.58. The number of fused-ring (bicyclic) bond motifs is 3. The third-order valence-electron chi connectivity index (χ3n) is 4.17. The van der Waals surface area contributed by atoms with Gasteiger partial charge in [-0.15, -0.1) is 0 Å². The van der Waals surface area contributed by atoms with Gasteiger partial charge in [0.1, 0.15) is 23.5 Å². The molecule has 0 bridgehead atoms. The van der Waals surface area contributed by atoms with Crippen LogP contribution in [0.5, 0.6) is 0 Å². The number of hydrogen-bond acceptors (Lipinski definition) is 5. The van der Waals surface area contributed by atoms with Crippen LogP contribution in [0.4, 0.5) is 5.82 Å². The number of aryl methyl sites for hydroxylation is 1. The minimum absolute atomic E-state index is 0.434. The predicted molar refractivity (Wildman–Crippen MR) is 103 cm³/mol. The van der Waals surface area contributed by atoms with Crippen molar-refractivity contribution >= 4 is 27.8 Å². The molecule has 0 aliphatic heterocycles. The summed E-state index contributed by atoms with van der Waals surface area (Å²) >= 11 is 0. The highest BCUT2D eigenvalue weighted by Crippen LogP contribution is 2.28. The number of unbranched alkanes of at least 4 members (excludes halogenated alkanes) is 1. The first kappa shape index (κ1) is 17.5. The summed E-state index contributed by atoms with van der Waals surface area (Å²) in [5, 5.41) is 4.38. The molecule has 0 unspecified atom stereocenters. The van der Waals surface area contributed by atoms with Crippen LogP contribution in [0.2, 0.25) is 0 Å². The van der Waals surface area contributed by atoms with E-state index in [1.165, 1.54) is 0 Å². The van der Waals surface area contributed by atoms with Crippen molar-refractivity contribution in [2.45, 2.75) is 46.1 Å². The zero-order valence-corrected chi connectivity index (χ0v) is 15.2. The van der Waals surface area contributed by atoms with E-state index in [0.29, 0.717) is 18.5 Å². The average Bonchev–Trinajstić information content (AvgIpc) is 2.96. The van der Waals surface area contributed by atoms with E-state index in [1.54, 1.807) is 0 Å². The van der Waals surface area contributed by atoms with Crippen LogP contribution in [-0.4, -0.2) is 33.9 Å². The van der Waals surface area contributed by atoms with E-state index in [2.05, 4.69) is 31.1 Å². The van der Waals surface area contributed by atoms with Crippen LogP contribution in [0.15, 0.2) is 24.3 Å². The lowest BCUT2D eigenvalue weighted by atomic mass is 10.2. The van der Waals surface area contributed by atoms with Crippen molar-refractivity contribution in [2.24, 2.45) is 0 Å². The lowest BCUT2D eigenvalue weighted by Gasteiger charge is -2.13. The summed E-state index contributed by atoms with van der Waals surface area (Å²) in [6.07, 6.45) is 3.02. The Bertz CT molecular complexity index is 856. The molecule has 6 heteroatoms. The maximum Gasteiger partial charge on any atom is 0.152 e. The predicted octanol–water partition coefficient (Wildman–Crippen LogP) is 2.94. The van der Waals surface area contributed by atoms with Gasteiger partial charge in [-0.25, -0.2) is 9.97 Å². The molecular weight excluding hydrogens is 314 g/mol. The first-order valence-electron chi connectivity index (χ1n) is 9.04. The lowest BCUT2D eigenvalue weighted by Crippen LogP contribution is -2.30. The van der Waals surface area contributed by atoms with E-state index in [1.807, 2.05) is 29.0 Å². The summed E-state index contributed by atoms with van der Waals surface area (Å²) < 4.78 is 1.87. The topological polar surface area (TPSA) is 78.0 Å². The second kappa shape index (κ2) is 7.70. The molecule has 2 aromatic heterocycles. The number of para-hydroxylation sites is 1. The molecule has 0 aliphatic rings. The number of benzene rings is 1. The minimum Gasteiger partial charge on any atom is -0.411 e. The van der Waals surface area contributed by atoms with Crippen molar-refractivity contribution in [3.8, 4) is 0 Å². The normalized spacial score (nSPS) is 11.7. The Morgan fingerprint density at radius 2 is 2.04 bits per heavy atom. The van der Waals surface area contributed by atoms with E-state index in [9.17, 15) is 0 Å². The van der Waals surface area contributed by atoms with Gasteiger partial charge >= 0.3 is 0 Å². The van der Waals surface area contributed by atoms with Gasteiger partial charge in [-0.3, -0.25) is 0 Å². The lowest BCUT2D eigenvalue weighted by molar-refractivity contribution is 0.113. The molecule has 25 heavy (non-hydrogen) atoms. The number of anilines is 1. The number of imidazole rings is 1. The molecule has 0 spiro atoms. The fourth-order valence-electron chi connectivity index (χ4n) is 2.94. The third-order valence-corrected chi connectivity index (χ3v) is 4.17. The van der Waals surface area contributed by atoms with Crippen LogP contribution in [0.1, 0.15) is 39.4 Å². The van der Waals surface area contributed by atoms with Crippen molar-refractivity contribution in [1.82, 2.24) is 20.0 Å². The van der Waals surface area contributed by atoms with Crippen LogP contribution in [0.25, 0.3) is 21.9 Å². The molecule has 0 saturated carbocycles. The molecule has 3 aromatic rings. The summed E-state index contributed by atoms with van der Waals surface area (Å²) in [4.78, 5) is 15.3. The van der Waals surface area contributed by atoms with Gasteiger partial charge in [-0.2, -0.15) is 4.73 Å². The number of nitrogens with two attached hydrogens (primary N) is 1. The summed E-state index contributed by atoms with van der Waals surface area (Å²) in [6, 6.07) is 8.41. The van der Waals surface area contributed by atoms with Crippen molar-refractivity contribution in [3.63, 3.8) is 0 Å². The first-order chi connectivity index (χ1) is 12.1. The molecule has 2 heterocycles. The second-order valence-corrected chi connectivity index (χ2v) is 6.58. The van der Waals surface area contributed by atoms with E-state index in [4.69, 9.17) is 15.6 Å². The maximum absolute atomic E-state index is 6.17. The Labute approximate surface area is 148 Å². The average molecular weight is 341 g/mol. The van der Waals surface area contributed by atoms with Crippen LogP contribution in [0.3, 0.4) is 0 Å². The molecule has 0 radical (unpaired) electrons. The fraction of sp³-hybridized carbons (Fsp3) is 0.474. The van der Waals surface area contributed by atoms with Gasteiger partial charge in [-0.1, -0.05) is 45.4 Å². The summed E-state index contributed by atoms with van der Waals surface area (Å²) in [5.41, 5.74) is 8.67. The van der Waals surface area contributed by atoms with Crippen LogP contribution in [0, 0.1) is 0 Å². The molecule has 134 valence electrons. The Morgan fingerprint density at radius 3 is 2.80 bits per heavy atom. The van der Waals surface area contributed by atoms with Crippen molar-refractivity contribution in [1.29, 1.82) is 0 Å². The van der Waals surface area contributed by atoms with Gasteiger partial charge in [0.25, 0.3) is 0 Å². The van der Waals surface area contributed by atoms with Gasteiger partial charge in [0.15, 0.2) is 5.82 Å². The molecule has 3 N–H and O–H groups in total. The highest BCUT2D eigenvalue weighted by Gasteiger charge is 2.18. The summed E-state index contributed by atoms with van der Waals surface area (Å²) in [7, 11) is 0. The molecule has 3 rings (SSSR count). The SMILES string of the molecule is CCCCc1nc2c(N)nc3ccccc3c2n1OCCNC(C)C. The third kappa shape index (κ3) is 3.69. The monoisotopic (exact) mass is 341 g/mol. The quantitative estimate of drug-likeness (QED) is 0.616. The van der Waals surface area contributed by atoms with Crippen molar-refractivity contribution in [2.75, 3.05) is 18.9 Å². The van der Waals surface area contributed by atoms with Crippen molar-refractivity contribution in [3.05, 3.63) is 30.1 Å². The van der Waals surface area contributed by atoms with E-state index in [0.717, 1.165) is 53.6 Å². The van der Waals surface area contributed by atoms with Gasteiger partial charge < -0.3 is 15.9 Å². The molecular formula is C19H27N5O. The Morgan fingerprint density at radius 1 is 1.24 bits per heavy atom. The largest absolute Gasteiger partial charge is 0.411 e. The molecule has 0 amide bonds. The number of nitrogen functional groups attached to an aromatic ring is 1. The zero-order chi connectivity index (χ0) is 17.8. The molecule has 1 aromatic carbocycles. The van der Waals surface area contributed by atoms with Gasteiger partial charge in [-0.05, 0) is 12.5 Å². The fourth-order valence-corrected chi connectivity index (χ4v) is 2.94.